The molecule has 0 fully saturated rings. The average molecular weight is 730 g/mol. The summed E-state index contributed by atoms with van der Waals surface area (Å²) in [5, 5.41) is 4.95. The molecule has 0 spiro atoms. The van der Waals surface area contributed by atoms with Crippen LogP contribution in [0.5, 0.6) is 11.8 Å². The third-order valence-electron chi connectivity index (χ3n) is 6.85. The Morgan fingerprint density at radius 2 is 0.975 bits per heavy atom. The molecule has 3 nitrogen and oxygen atoms in total. The van der Waals surface area contributed by atoms with Crippen molar-refractivity contribution in [3.8, 4) is 34.3 Å². The van der Waals surface area contributed by atoms with E-state index in [0.717, 1.165) is 22.5 Å². The van der Waals surface area contributed by atoms with Crippen LogP contribution in [-0.2, 0) is 21.1 Å². The van der Waals surface area contributed by atoms with Gasteiger partial charge >= 0.3 is 21.1 Å². The van der Waals surface area contributed by atoms with E-state index in [1.54, 1.807) is 22.7 Å². The predicted molar refractivity (Wildman–Crippen MR) is 163 cm³/mol. The van der Waals surface area contributed by atoms with Gasteiger partial charge < -0.3 is 4.74 Å². The second-order valence-electron chi connectivity index (χ2n) is 9.21. The third kappa shape index (κ3) is 4.22. The molecule has 0 N–H and O–H groups in total. The molecule has 0 aliphatic rings. The van der Waals surface area contributed by atoms with E-state index < -0.39 is 0 Å². The molecule has 6 heteroatoms. The number of hydrogen-bond donors (Lipinski definition) is 0. The summed E-state index contributed by atoms with van der Waals surface area (Å²) in [5.74, 6) is 0.987. The molecular weight excluding hydrogens is 712 g/mol. The summed E-state index contributed by atoms with van der Waals surface area (Å²) in [4.78, 5) is 9.69. The van der Waals surface area contributed by atoms with Gasteiger partial charge in [0.25, 0.3) is 0 Å². The van der Waals surface area contributed by atoms with Crippen LogP contribution in [0.2, 0.25) is 0 Å². The first-order chi connectivity index (χ1) is 19.3. The number of fused-ring (bicyclic) bond motifs is 6. The molecule has 0 bridgehead atoms. The standard InChI is InChI=1S/C34H18N2OS2.Pt/c1-3-17-29-21(9-1)23-11-5-13-25(33(23)38-29)27-15-7-19-31(35-27)37-32-20-8-16-28(36-32)26-14-6-12-24-22-10-2-4-18-30(22)39-34(24)26;/h1-12,15-20H;/q-2;+2. The largest absolute Gasteiger partial charge is 2.00 e. The summed E-state index contributed by atoms with van der Waals surface area (Å²) in [6.45, 7) is 0. The Bertz CT molecular complexity index is 2030. The van der Waals surface area contributed by atoms with Crippen LogP contribution in [-0.4, -0.2) is 9.97 Å². The molecule has 0 amide bonds. The van der Waals surface area contributed by atoms with Crippen molar-refractivity contribution in [2.24, 2.45) is 0 Å². The molecule has 40 heavy (non-hydrogen) atoms. The van der Waals surface area contributed by atoms with Gasteiger partial charge in [0.15, 0.2) is 0 Å². The van der Waals surface area contributed by atoms with Gasteiger partial charge in [-0.15, -0.1) is 47.5 Å². The minimum Gasteiger partial charge on any atom is -0.422 e. The molecular formula is C34H18N2OPtS2. The fourth-order valence-electron chi connectivity index (χ4n) is 5.09. The van der Waals surface area contributed by atoms with Gasteiger partial charge in [0.1, 0.15) is 0 Å². The first-order valence-corrected chi connectivity index (χ1v) is 14.2. The first-order valence-electron chi connectivity index (χ1n) is 12.6. The van der Waals surface area contributed by atoms with Crippen molar-refractivity contribution in [3.63, 3.8) is 0 Å². The molecule has 8 aromatic rings. The van der Waals surface area contributed by atoms with Gasteiger partial charge in [-0.05, 0) is 55.8 Å². The molecule has 8 rings (SSSR count). The van der Waals surface area contributed by atoms with Gasteiger partial charge in [-0.2, -0.15) is 22.7 Å². The second kappa shape index (κ2) is 10.3. The van der Waals surface area contributed by atoms with E-state index in [2.05, 4.69) is 72.8 Å². The van der Waals surface area contributed by atoms with Crippen LogP contribution in [0.4, 0.5) is 0 Å². The van der Waals surface area contributed by atoms with E-state index in [0.29, 0.717) is 11.8 Å². The van der Waals surface area contributed by atoms with Crippen LogP contribution in [0.3, 0.4) is 0 Å². The van der Waals surface area contributed by atoms with Gasteiger partial charge in [-0.25, -0.2) is 0 Å². The van der Waals surface area contributed by atoms with Crippen molar-refractivity contribution in [3.05, 3.63) is 121 Å². The van der Waals surface area contributed by atoms with Crippen molar-refractivity contribution in [2.75, 3.05) is 0 Å². The third-order valence-corrected chi connectivity index (χ3v) is 9.25. The summed E-state index contributed by atoms with van der Waals surface area (Å²) < 4.78 is 11.1. The summed E-state index contributed by atoms with van der Waals surface area (Å²) in [6.07, 6.45) is 0. The average Bonchev–Trinajstić information content (AvgIpc) is 3.56. The normalized spacial score (nSPS) is 11.3. The zero-order valence-corrected chi connectivity index (χ0v) is 24.7. The Hall–Kier alpha value is -3.89. The second-order valence-corrected chi connectivity index (χ2v) is 11.3. The molecule has 0 saturated carbocycles. The predicted octanol–water partition coefficient (Wildman–Crippen LogP) is 9.94. The number of thiophene rings is 2. The van der Waals surface area contributed by atoms with Crippen LogP contribution >= 0.6 is 22.7 Å². The number of pyridine rings is 2. The van der Waals surface area contributed by atoms with Gasteiger partial charge in [-0.3, -0.25) is 9.97 Å². The molecule has 0 atom stereocenters. The van der Waals surface area contributed by atoms with E-state index in [-0.39, 0.29) is 21.1 Å². The minimum absolute atomic E-state index is 0. The fourth-order valence-corrected chi connectivity index (χ4v) is 7.51. The van der Waals surface area contributed by atoms with Gasteiger partial charge in [0.05, 0.1) is 0 Å². The summed E-state index contributed by atoms with van der Waals surface area (Å²) >= 11 is 3.54. The monoisotopic (exact) mass is 729 g/mol. The van der Waals surface area contributed by atoms with Gasteiger partial charge in [0, 0.05) is 9.40 Å². The van der Waals surface area contributed by atoms with Gasteiger partial charge in [0.2, 0.25) is 11.8 Å². The molecule has 4 heterocycles. The van der Waals surface area contributed by atoms with Crippen LogP contribution in [0.1, 0.15) is 0 Å². The number of ether oxygens (including phenoxy) is 1. The Kier molecular flexibility index (Phi) is 6.44. The fraction of sp³-hybridized carbons (Fsp3) is 0. The van der Waals surface area contributed by atoms with E-state index >= 15 is 0 Å². The summed E-state index contributed by atoms with van der Waals surface area (Å²) in [5.41, 5.74) is 3.60. The Balaban J connectivity index is 0.00000264. The molecule has 4 aromatic heterocycles. The SMILES string of the molecule is [Pt+2].[c-]1ccc2c(sc3ccccc32)c1-c1cccc(Oc2cccc(-c3[c-]ccc4c3sc3ccccc34)n2)n1. The zero-order valence-electron chi connectivity index (χ0n) is 20.8. The number of benzene rings is 4. The summed E-state index contributed by atoms with van der Waals surface area (Å²) in [7, 11) is 0. The van der Waals surface area contributed by atoms with Crippen molar-refractivity contribution in [1.29, 1.82) is 0 Å². The van der Waals surface area contributed by atoms with Crippen LogP contribution in [0, 0.1) is 12.1 Å². The Morgan fingerprint density at radius 3 is 1.48 bits per heavy atom. The van der Waals surface area contributed by atoms with E-state index in [9.17, 15) is 0 Å². The topological polar surface area (TPSA) is 35.0 Å². The van der Waals surface area contributed by atoms with Crippen molar-refractivity contribution in [2.45, 2.75) is 0 Å². The van der Waals surface area contributed by atoms with Gasteiger partial charge in [-0.1, -0.05) is 71.4 Å². The first kappa shape index (κ1) is 25.1. The molecule has 4 aromatic carbocycles. The number of rotatable bonds is 4. The maximum atomic E-state index is 6.20. The zero-order chi connectivity index (χ0) is 25.8. The van der Waals surface area contributed by atoms with E-state index in [1.165, 1.54) is 40.3 Å². The molecule has 0 radical (unpaired) electrons. The molecule has 192 valence electrons. The molecule has 0 aliphatic carbocycles. The molecule has 0 saturated heterocycles. The number of hydrogen-bond acceptors (Lipinski definition) is 5. The Labute approximate surface area is 253 Å². The quantitative estimate of drug-likeness (QED) is 0.169. The minimum atomic E-state index is 0. The van der Waals surface area contributed by atoms with Crippen molar-refractivity contribution in [1.82, 2.24) is 9.97 Å². The summed E-state index contributed by atoms with van der Waals surface area (Å²) in [6, 6.07) is 43.7. The molecule has 0 unspecified atom stereocenters. The Morgan fingerprint density at radius 1 is 0.500 bits per heavy atom. The number of aromatic nitrogens is 2. The van der Waals surface area contributed by atoms with E-state index in [1.807, 2.05) is 48.5 Å². The van der Waals surface area contributed by atoms with Crippen molar-refractivity contribution >= 4 is 63.0 Å². The van der Waals surface area contributed by atoms with E-state index in [4.69, 9.17) is 14.7 Å². The number of nitrogens with zero attached hydrogens (tertiary/aromatic N) is 2. The smallest absolute Gasteiger partial charge is 0.422 e. The van der Waals surface area contributed by atoms with Crippen molar-refractivity contribution < 1.29 is 25.8 Å². The molecule has 0 aliphatic heterocycles. The van der Waals surface area contributed by atoms with Crippen LogP contribution in [0.15, 0.2) is 109 Å². The van der Waals surface area contributed by atoms with Crippen LogP contribution < -0.4 is 4.74 Å². The van der Waals surface area contributed by atoms with Crippen LogP contribution in [0.25, 0.3) is 62.9 Å². The maximum absolute atomic E-state index is 6.20. The maximum Gasteiger partial charge on any atom is 2.00 e.